The molecule has 8 nitrogen and oxygen atoms in total. The van der Waals surface area contributed by atoms with Crippen molar-refractivity contribution in [1.82, 2.24) is 9.13 Å². The molecule has 0 bridgehead atoms. The zero-order valence-electron chi connectivity index (χ0n) is 24.7. The molecule has 0 spiro atoms. The number of hydrogen-bond donors (Lipinski definition) is 0. The quantitative estimate of drug-likeness (QED) is 0.112. The van der Waals surface area contributed by atoms with Gasteiger partial charge in [0.1, 0.15) is 0 Å². The maximum Gasteiger partial charge on any atom is 0.349 e. The summed E-state index contributed by atoms with van der Waals surface area (Å²) >= 11 is 3.66. The van der Waals surface area contributed by atoms with Gasteiger partial charge in [0, 0.05) is 51.6 Å². The lowest BCUT2D eigenvalue weighted by molar-refractivity contribution is -0.149. The van der Waals surface area contributed by atoms with E-state index < -0.39 is 11.9 Å². The largest absolute Gasteiger partial charge is 0.386 e. The molecular weight excluding hydrogens is 646 g/mol. The van der Waals surface area contributed by atoms with Crippen LogP contribution in [0, 0.1) is 6.92 Å². The molecular formula is C37H24BrN3O5. The van der Waals surface area contributed by atoms with Crippen molar-refractivity contribution < 1.29 is 23.9 Å². The fourth-order valence-corrected chi connectivity index (χ4v) is 7.05. The van der Waals surface area contributed by atoms with Crippen LogP contribution < -0.4 is 4.90 Å². The van der Waals surface area contributed by atoms with Crippen molar-refractivity contribution in [2.45, 2.75) is 13.5 Å². The summed E-state index contributed by atoms with van der Waals surface area (Å²) in [5.74, 6) is -2.15. The molecule has 6 aromatic rings. The van der Waals surface area contributed by atoms with Gasteiger partial charge >= 0.3 is 11.9 Å². The highest BCUT2D eigenvalue weighted by Gasteiger charge is 2.39. The number of rotatable bonds is 5. The van der Waals surface area contributed by atoms with Crippen LogP contribution in [0.15, 0.2) is 102 Å². The van der Waals surface area contributed by atoms with Crippen molar-refractivity contribution in [1.29, 1.82) is 0 Å². The normalized spacial score (nSPS) is 14.7. The van der Waals surface area contributed by atoms with Gasteiger partial charge < -0.3 is 13.9 Å². The molecule has 0 aliphatic carbocycles. The highest BCUT2D eigenvalue weighted by Crippen LogP contribution is 2.40. The summed E-state index contributed by atoms with van der Waals surface area (Å²) in [6, 6.07) is 27.9. The van der Waals surface area contributed by atoms with E-state index in [1.165, 1.54) is 4.90 Å². The van der Waals surface area contributed by atoms with Crippen molar-refractivity contribution in [2.75, 3.05) is 4.90 Å². The van der Waals surface area contributed by atoms with E-state index in [2.05, 4.69) is 15.9 Å². The number of ether oxygens (including phenoxy) is 1. The predicted molar refractivity (Wildman–Crippen MR) is 178 cm³/mol. The molecule has 2 aliphatic heterocycles. The van der Waals surface area contributed by atoms with Crippen molar-refractivity contribution in [3.63, 3.8) is 0 Å². The lowest BCUT2D eigenvalue weighted by Gasteiger charge is -2.18. The number of amides is 2. The average Bonchev–Trinajstić information content (AvgIpc) is 3.74. The summed E-state index contributed by atoms with van der Waals surface area (Å²) < 4.78 is 9.90. The van der Waals surface area contributed by atoms with E-state index in [1.807, 2.05) is 90.0 Å². The van der Waals surface area contributed by atoms with Crippen LogP contribution in [0.2, 0.25) is 0 Å². The number of hydrogen-bond acceptors (Lipinski definition) is 5. The highest BCUT2D eigenvalue weighted by molar-refractivity contribution is 9.10. The van der Waals surface area contributed by atoms with E-state index in [0.717, 1.165) is 37.4 Å². The highest BCUT2D eigenvalue weighted by atomic mass is 79.9. The molecule has 9 heteroatoms. The lowest BCUT2D eigenvalue weighted by Crippen LogP contribution is -2.29. The molecule has 4 heterocycles. The third kappa shape index (κ3) is 4.05. The van der Waals surface area contributed by atoms with E-state index in [1.54, 1.807) is 30.3 Å². The van der Waals surface area contributed by atoms with Crippen molar-refractivity contribution >= 4 is 78.3 Å². The third-order valence-electron chi connectivity index (χ3n) is 8.82. The lowest BCUT2D eigenvalue weighted by atomic mass is 9.98. The number of imide groups is 1. The van der Waals surface area contributed by atoms with Crippen LogP contribution in [-0.4, -0.2) is 32.9 Å². The zero-order valence-corrected chi connectivity index (χ0v) is 26.3. The summed E-state index contributed by atoms with van der Waals surface area (Å²) in [6.45, 7) is 2.08. The second kappa shape index (κ2) is 10.3. The van der Waals surface area contributed by atoms with Gasteiger partial charge in [-0.1, -0.05) is 64.5 Å². The van der Waals surface area contributed by atoms with Gasteiger partial charge in [-0.3, -0.25) is 9.59 Å². The number of halogens is 1. The Bertz CT molecular complexity index is 2400. The van der Waals surface area contributed by atoms with E-state index in [0.29, 0.717) is 28.1 Å². The first-order valence-electron chi connectivity index (χ1n) is 14.6. The first-order chi connectivity index (χ1) is 22.2. The average molecular weight is 671 g/mol. The van der Waals surface area contributed by atoms with Gasteiger partial charge in [0.2, 0.25) is 0 Å². The van der Waals surface area contributed by atoms with Gasteiger partial charge in [0.15, 0.2) is 0 Å². The zero-order chi connectivity index (χ0) is 31.9. The molecule has 224 valence electrons. The number of para-hydroxylation sites is 2. The Labute approximate surface area is 271 Å². The molecule has 0 unspecified atom stereocenters. The van der Waals surface area contributed by atoms with E-state index in [4.69, 9.17) is 4.74 Å². The minimum absolute atomic E-state index is 0.181. The third-order valence-corrected chi connectivity index (χ3v) is 9.59. The number of benzene rings is 4. The standard InChI is InChI=1S/C37H24BrN3O5/c1-20-8-7-11-25-31(20)35(43)41(34(25)42)23-14-15-27(38)22(16-23)18-40-28-12-5-3-9-21(28)17-30(40)33-32(36(44)46-37(33)45)26-19-39(2)29-13-6-4-10-24(26)29/h3-17,19H,18H2,1-2H3. The predicted octanol–water partition coefficient (Wildman–Crippen LogP) is 7.05. The Morgan fingerprint density at radius 2 is 1.48 bits per heavy atom. The molecule has 8 rings (SSSR count). The second-order valence-corrected chi connectivity index (χ2v) is 12.3. The van der Waals surface area contributed by atoms with Crippen LogP contribution in [0.5, 0.6) is 0 Å². The van der Waals surface area contributed by atoms with Crippen molar-refractivity contribution in [2.24, 2.45) is 7.05 Å². The number of nitrogens with zero attached hydrogens (tertiary/aromatic N) is 3. The molecule has 0 radical (unpaired) electrons. The number of aryl methyl sites for hydroxylation is 2. The SMILES string of the molecule is Cc1cccc2c1C(=O)N(c1ccc(Br)c(Cn3c(C4=C(c5cn(C)c6ccccc56)C(=O)OC4=O)cc4ccccc43)c1)C2=O. The molecule has 4 aromatic carbocycles. The van der Waals surface area contributed by atoms with Crippen LogP contribution in [0.3, 0.4) is 0 Å². The molecule has 0 N–H and O–H groups in total. The van der Waals surface area contributed by atoms with Gasteiger partial charge in [-0.05, 0) is 60.5 Å². The minimum Gasteiger partial charge on any atom is -0.386 e. The number of aromatic nitrogens is 2. The summed E-state index contributed by atoms with van der Waals surface area (Å²) in [5.41, 5.74) is 6.01. The van der Waals surface area contributed by atoms with Crippen LogP contribution in [0.4, 0.5) is 5.69 Å². The van der Waals surface area contributed by atoms with E-state index in [-0.39, 0.29) is 29.5 Å². The number of esters is 2. The second-order valence-electron chi connectivity index (χ2n) is 11.5. The fraction of sp³-hybridized carbons (Fsp3) is 0.0811. The molecule has 2 aromatic heterocycles. The first kappa shape index (κ1) is 28.0. The number of carbonyl (C=O) groups is 4. The van der Waals surface area contributed by atoms with Gasteiger partial charge in [-0.2, -0.15) is 0 Å². The van der Waals surface area contributed by atoms with E-state index >= 15 is 0 Å². The summed E-state index contributed by atoms with van der Waals surface area (Å²) in [6.07, 6.45) is 1.84. The Morgan fingerprint density at radius 1 is 0.739 bits per heavy atom. The summed E-state index contributed by atoms with van der Waals surface area (Å²) in [5, 5.41) is 1.70. The number of fused-ring (bicyclic) bond motifs is 3. The van der Waals surface area contributed by atoms with E-state index in [9.17, 15) is 19.2 Å². The Kier molecular flexibility index (Phi) is 6.23. The van der Waals surface area contributed by atoms with Gasteiger partial charge in [-0.15, -0.1) is 0 Å². The minimum atomic E-state index is -0.716. The Hall–Kier alpha value is -5.54. The fourth-order valence-electron chi connectivity index (χ4n) is 6.68. The van der Waals surface area contributed by atoms with Crippen LogP contribution >= 0.6 is 15.9 Å². The maximum atomic E-state index is 13.5. The first-order valence-corrected chi connectivity index (χ1v) is 15.4. The number of cyclic esters (lactones) is 2. The van der Waals surface area contributed by atoms with Crippen molar-refractivity contribution in [3.8, 4) is 0 Å². The molecule has 0 saturated carbocycles. The van der Waals surface area contributed by atoms with Crippen LogP contribution in [0.25, 0.3) is 33.0 Å². The topological polar surface area (TPSA) is 90.6 Å². The molecule has 2 amide bonds. The van der Waals surface area contributed by atoms with Crippen LogP contribution in [-0.2, 0) is 27.9 Å². The summed E-state index contributed by atoms with van der Waals surface area (Å²) in [7, 11) is 1.89. The maximum absolute atomic E-state index is 13.5. The van der Waals surface area contributed by atoms with Crippen molar-refractivity contribution in [3.05, 3.63) is 135 Å². The molecule has 46 heavy (non-hydrogen) atoms. The van der Waals surface area contributed by atoms with Gasteiger partial charge in [-0.25, -0.2) is 14.5 Å². The Morgan fingerprint density at radius 3 is 2.28 bits per heavy atom. The molecule has 0 fully saturated rings. The Balaban J connectivity index is 1.29. The molecule has 0 atom stereocenters. The monoisotopic (exact) mass is 669 g/mol. The number of carbonyl (C=O) groups excluding carboxylic acids is 4. The molecule has 2 aliphatic rings. The summed E-state index contributed by atoms with van der Waals surface area (Å²) in [4.78, 5) is 54.9. The van der Waals surface area contributed by atoms with Gasteiger partial charge in [0.05, 0.1) is 33.7 Å². The number of anilines is 1. The van der Waals surface area contributed by atoms with Gasteiger partial charge in [0.25, 0.3) is 11.8 Å². The van der Waals surface area contributed by atoms with Crippen LogP contribution in [0.1, 0.15) is 43.1 Å². The molecule has 0 saturated heterocycles. The smallest absolute Gasteiger partial charge is 0.349 e.